The van der Waals surface area contributed by atoms with E-state index in [1.165, 1.54) is 23.3 Å². The van der Waals surface area contributed by atoms with Crippen LogP contribution in [0, 0.1) is 6.92 Å². The van der Waals surface area contributed by atoms with E-state index in [0.29, 0.717) is 59.0 Å². The third-order valence-corrected chi connectivity index (χ3v) is 6.62. The Kier molecular flexibility index (Phi) is 6.23. The topological polar surface area (TPSA) is 120 Å². The third-order valence-electron chi connectivity index (χ3n) is 5.78. The number of nitrogens with zero attached hydrogens (tertiary/aromatic N) is 3. The molecule has 10 nitrogen and oxygen atoms in total. The Morgan fingerprint density at radius 2 is 1.89 bits per heavy atom. The van der Waals surface area contributed by atoms with Gasteiger partial charge in [0.1, 0.15) is 24.0 Å². The summed E-state index contributed by atoms with van der Waals surface area (Å²) in [5.74, 6) is -0.0796. The summed E-state index contributed by atoms with van der Waals surface area (Å²) in [6.07, 6.45) is 0. The van der Waals surface area contributed by atoms with Crippen molar-refractivity contribution in [2.75, 3.05) is 31.8 Å². The van der Waals surface area contributed by atoms with Gasteiger partial charge in [0.05, 0.1) is 25.3 Å². The molecule has 2 aromatic carbocycles. The maximum Gasteiger partial charge on any atom is 0.301 e. The molecule has 1 unspecified atom stereocenters. The van der Waals surface area contributed by atoms with E-state index >= 15 is 0 Å². The second-order valence-corrected chi connectivity index (χ2v) is 9.13. The predicted molar refractivity (Wildman–Crippen MR) is 131 cm³/mol. The molecule has 0 aliphatic carbocycles. The van der Waals surface area contributed by atoms with Gasteiger partial charge in [0.15, 0.2) is 23.0 Å². The van der Waals surface area contributed by atoms with Crippen molar-refractivity contribution in [2.45, 2.75) is 19.9 Å². The van der Waals surface area contributed by atoms with Gasteiger partial charge in [0.2, 0.25) is 5.13 Å². The molecule has 3 aromatic rings. The normalized spacial score (nSPS) is 18.4. The molecule has 0 saturated carbocycles. The maximum atomic E-state index is 13.3. The lowest BCUT2D eigenvalue weighted by molar-refractivity contribution is -0.132. The first-order valence-electron chi connectivity index (χ1n) is 11.2. The summed E-state index contributed by atoms with van der Waals surface area (Å²) in [6.45, 7) is 4.83. The van der Waals surface area contributed by atoms with E-state index in [1.54, 1.807) is 43.3 Å². The Morgan fingerprint density at radius 3 is 2.58 bits per heavy atom. The highest BCUT2D eigenvalue weighted by Crippen LogP contribution is 2.45. The smallest absolute Gasteiger partial charge is 0.301 e. The van der Waals surface area contributed by atoms with Gasteiger partial charge in [-0.2, -0.15) is 0 Å². The second-order valence-electron chi connectivity index (χ2n) is 7.97. The molecule has 36 heavy (non-hydrogen) atoms. The number of rotatable bonds is 6. The number of carbonyl (C=O) groups excluding carboxylic acids is 2. The van der Waals surface area contributed by atoms with E-state index < -0.39 is 17.7 Å². The van der Waals surface area contributed by atoms with Crippen LogP contribution in [-0.2, 0) is 9.59 Å². The van der Waals surface area contributed by atoms with Crippen LogP contribution in [0.25, 0.3) is 5.76 Å². The number of amides is 1. The number of aliphatic hydroxyl groups excluding tert-OH is 1. The van der Waals surface area contributed by atoms with Crippen molar-refractivity contribution in [1.29, 1.82) is 0 Å². The monoisotopic (exact) mass is 509 g/mol. The SMILES string of the molecule is CCOc1ccc(C2C(=C(O)c3ccc4c(c3)OCCO4)C(=O)C(=O)N2c2nnc(C)s2)cc1OC. The van der Waals surface area contributed by atoms with Crippen molar-refractivity contribution in [3.8, 4) is 23.0 Å². The summed E-state index contributed by atoms with van der Waals surface area (Å²) in [7, 11) is 1.50. The van der Waals surface area contributed by atoms with E-state index in [9.17, 15) is 14.7 Å². The molecule has 2 aliphatic rings. The molecule has 0 spiro atoms. The minimum atomic E-state index is -0.977. The number of fused-ring (bicyclic) bond motifs is 1. The lowest BCUT2D eigenvalue weighted by Gasteiger charge is -2.24. The van der Waals surface area contributed by atoms with Crippen LogP contribution in [0.15, 0.2) is 42.0 Å². The molecule has 186 valence electrons. The van der Waals surface area contributed by atoms with E-state index in [2.05, 4.69) is 10.2 Å². The zero-order chi connectivity index (χ0) is 25.4. The molecule has 1 saturated heterocycles. The predicted octanol–water partition coefficient (Wildman–Crippen LogP) is 3.65. The minimum absolute atomic E-state index is 0.0873. The quantitative estimate of drug-likeness (QED) is 0.302. The van der Waals surface area contributed by atoms with Crippen LogP contribution in [0.4, 0.5) is 5.13 Å². The van der Waals surface area contributed by atoms with Gasteiger partial charge in [0, 0.05) is 5.56 Å². The van der Waals surface area contributed by atoms with Gasteiger partial charge >= 0.3 is 5.91 Å². The van der Waals surface area contributed by atoms with Crippen LogP contribution in [0.2, 0.25) is 0 Å². The van der Waals surface area contributed by atoms with E-state index in [4.69, 9.17) is 18.9 Å². The molecular weight excluding hydrogens is 486 g/mol. The number of aryl methyl sites for hydroxylation is 1. The Labute approximate surface area is 210 Å². The van der Waals surface area contributed by atoms with Gasteiger partial charge in [-0.05, 0) is 49.7 Å². The fourth-order valence-electron chi connectivity index (χ4n) is 4.20. The number of ether oxygens (including phenoxy) is 4. The van der Waals surface area contributed by atoms with Crippen LogP contribution in [-0.4, -0.2) is 53.9 Å². The summed E-state index contributed by atoms with van der Waals surface area (Å²) >= 11 is 1.17. The number of benzene rings is 2. The number of hydrogen-bond donors (Lipinski definition) is 1. The molecule has 1 N–H and O–H groups in total. The molecule has 1 fully saturated rings. The van der Waals surface area contributed by atoms with E-state index in [-0.39, 0.29) is 16.5 Å². The standard InChI is InChI=1S/C25H23N3O7S/c1-4-33-16-7-5-14(11-18(16)32-3)21-20(23(30)24(31)28(21)25-27-26-13(2)36-25)22(29)15-6-8-17-19(12-15)35-10-9-34-17/h5-8,11-12,21,29H,4,9-10H2,1-3H3. The highest BCUT2D eigenvalue weighted by atomic mass is 32.1. The van der Waals surface area contributed by atoms with Crippen LogP contribution in [0.5, 0.6) is 23.0 Å². The molecule has 5 rings (SSSR count). The molecule has 1 aromatic heterocycles. The molecule has 0 radical (unpaired) electrons. The number of methoxy groups -OCH3 is 1. The molecular formula is C25H23N3O7S. The van der Waals surface area contributed by atoms with Crippen LogP contribution in [0.1, 0.15) is 29.1 Å². The first-order chi connectivity index (χ1) is 17.4. The molecule has 1 atom stereocenters. The average Bonchev–Trinajstić information content (AvgIpc) is 3.43. The lowest BCUT2D eigenvalue weighted by Crippen LogP contribution is -2.29. The van der Waals surface area contributed by atoms with Crippen LogP contribution >= 0.6 is 11.3 Å². The molecule has 2 aliphatic heterocycles. The van der Waals surface area contributed by atoms with Gasteiger partial charge in [0.25, 0.3) is 5.78 Å². The third kappa shape index (κ3) is 4.01. The number of ketones is 1. The van der Waals surface area contributed by atoms with Gasteiger partial charge in [-0.3, -0.25) is 14.5 Å². The van der Waals surface area contributed by atoms with Crippen molar-refractivity contribution in [3.63, 3.8) is 0 Å². The Morgan fingerprint density at radius 1 is 1.11 bits per heavy atom. The fourth-order valence-corrected chi connectivity index (χ4v) is 4.92. The molecule has 3 heterocycles. The zero-order valence-electron chi connectivity index (χ0n) is 19.8. The van der Waals surface area contributed by atoms with Crippen molar-refractivity contribution < 1.29 is 33.6 Å². The summed E-state index contributed by atoms with van der Waals surface area (Å²) in [6, 6.07) is 8.98. The number of Topliss-reactive ketones (excluding diaryl/α,β-unsaturated/α-hetero) is 1. The Hall–Kier alpha value is -4.12. The number of aliphatic hydroxyl groups is 1. The van der Waals surface area contributed by atoms with Gasteiger partial charge in [-0.25, -0.2) is 0 Å². The minimum Gasteiger partial charge on any atom is -0.507 e. The lowest BCUT2D eigenvalue weighted by atomic mass is 9.95. The maximum absolute atomic E-state index is 13.3. The van der Waals surface area contributed by atoms with Gasteiger partial charge < -0.3 is 24.1 Å². The number of anilines is 1. The highest BCUT2D eigenvalue weighted by Gasteiger charge is 2.48. The molecule has 1 amide bonds. The van der Waals surface area contributed by atoms with Crippen molar-refractivity contribution in [3.05, 3.63) is 58.1 Å². The summed E-state index contributed by atoms with van der Waals surface area (Å²) < 4.78 is 22.3. The first kappa shape index (κ1) is 23.6. The largest absolute Gasteiger partial charge is 0.507 e. The number of carbonyl (C=O) groups is 2. The summed E-state index contributed by atoms with van der Waals surface area (Å²) in [5.41, 5.74) is 0.755. The molecule has 0 bridgehead atoms. The fraction of sp³-hybridized carbons (Fsp3) is 0.280. The van der Waals surface area contributed by atoms with Gasteiger partial charge in [-0.15, -0.1) is 10.2 Å². The second kappa shape index (κ2) is 9.50. The number of aromatic nitrogens is 2. The van der Waals surface area contributed by atoms with Crippen molar-refractivity contribution in [1.82, 2.24) is 10.2 Å². The zero-order valence-corrected chi connectivity index (χ0v) is 20.6. The Balaban J connectivity index is 1.69. The van der Waals surface area contributed by atoms with Crippen molar-refractivity contribution >= 4 is 33.9 Å². The Bertz CT molecular complexity index is 1380. The van der Waals surface area contributed by atoms with Crippen LogP contribution in [0.3, 0.4) is 0 Å². The van der Waals surface area contributed by atoms with E-state index in [1.807, 2.05) is 6.92 Å². The number of hydrogen-bond acceptors (Lipinski definition) is 10. The summed E-state index contributed by atoms with van der Waals surface area (Å²) in [5, 5.41) is 20.3. The van der Waals surface area contributed by atoms with Crippen molar-refractivity contribution in [2.24, 2.45) is 0 Å². The van der Waals surface area contributed by atoms with Gasteiger partial charge in [-0.1, -0.05) is 17.4 Å². The first-order valence-corrected chi connectivity index (χ1v) is 12.1. The van der Waals surface area contributed by atoms with E-state index in [0.717, 1.165) is 0 Å². The molecule has 11 heteroatoms. The highest BCUT2D eigenvalue weighted by molar-refractivity contribution is 7.15. The summed E-state index contributed by atoms with van der Waals surface area (Å²) in [4.78, 5) is 27.9. The average molecular weight is 510 g/mol. The van der Waals surface area contributed by atoms with Crippen LogP contribution < -0.4 is 23.8 Å².